The minimum atomic E-state index is -0.0305. The van der Waals surface area contributed by atoms with Gasteiger partial charge < -0.3 is 9.88 Å². The van der Waals surface area contributed by atoms with E-state index in [0.29, 0.717) is 5.75 Å². The number of nitrogens with zero attached hydrogens (tertiary/aromatic N) is 3. The predicted octanol–water partition coefficient (Wildman–Crippen LogP) is 5.72. The second-order valence-electron chi connectivity index (χ2n) is 7.09. The van der Waals surface area contributed by atoms with E-state index in [1.807, 2.05) is 32.0 Å². The molecule has 154 valence electrons. The predicted molar refractivity (Wildman–Crippen MR) is 123 cm³/mol. The van der Waals surface area contributed by atoms with E-state index in [4.69, 9.17) is 0 Å². The molecule has 0 radical (unpaired) electrons. The molecule has 0 atom stereocenters. The fourth-order valence-electron chi connectivity index (χ4n) is 3.11. The van der Waals surface area contributed by atoms with E-state index >= 15 is 0 Å². The normalized spacial score (nSPS) is 11.0. The van der Waals surface area contributed by atoms with Crippen LogP contribution in [0.25, 0.3) is 11.4 Å². The van der Waals surface area contributed by atoms with Gasteiger partial charge in [-0.2, -0.15) is 0 Å². The molecule has 0 aliphatic carbocycles. The smallest absolute Gasteiger partial charge is 0.234 e. The molecule has 0 unspecified atom stereocenters. The summed E-state index contributed by atoms with van der Waals surface area (Å²) in [5.74, 6) is 1.17. The summed E-state index contributed by atoms with van der Waals surface area (Å²) in [4.78, 5) is 13.9. The van der Waals surface area contributed by atoms with Gasteiger partial charge in [0.1, 0.15) is 0 Å². The Bertz CT molecular complexity index is 977. The van der Waals surface area contributed by atoms with Crippen molar-refractivity contribution in [2.75, 3.05) is 11.1 Å². The maximum absolute atomic E-state index is 12.5. The Morgan fingerprint density at radius 2 is 2.03 bits per heavy atom. The third-order valence-corrected chi connectivity index (χ3v) is 6.75. The number of rotatable bonds is 9. The number of carbonyl (C=O) groups is 1. The number of thioether (sulfide) groups is 1. The maximum atomic E-state index is 12.5. The first kappa shape index (κ1) is 21.6. The summed E-state index contributed by atoms with van der Waals surface area (Å²) < 4.78 is 2.13. The SMILES string of the molecule is CCCc1cc(-c2nnc(SCC(=O)Nc3cccc(C)c3C)n2CCC)cs1. The second-order valence-corrected chi connectivity index (χ2v) is 9.03. The Labute approximate surface area is 180 Å². The quantitative estimate of drug-likeness (QED) is 0.443. The number of carbonyl (C=O) groups excluding carboxylic acids is 1. The number of thiophene rings is 1. The Balaban J connectivity index is 1.71. The molecule has 0 aliphatic heterocycles. The van der Waals surface area contributed by atoms with Crippen molar-refractivity contribution >= 4 is 34.7 Å². The molecule has 1 aromatic carbocycles. The third-order valence-electron chi connectivity index (χ3n) is 4.78. The number of benzene rings is 1. The van der Waals surface area contributed by atoms with Crippen LogP contribution in [0.5, 0.6) is 0 Å². The average Bonchev–Trinajstić information content (AvgIpc) is 3.31. The number of hydrogen-bond acceptors (Lipinski definition) is 5. The molecule has 0 fully saturated rings. The summed E-state index contributed by atoms with van der Waals surface area (Å²) in [6, 6.07) is 8.16. The Morgan fingerprint density at radius 1 is 1.21 bits per heavy atom. The fraction of sp³-hybridized carbons (Fsp3) is 0.409. The van der Waals surface area contributed by atoms with E-state index in [-0.39, 0.29) is 5.91 Å². The minimum absolute atomic E-state index is 0.0305. The first-order chi connectivity index (χ1) is 14.0. The van der Waals surface area contributed by atoms with Gasteiger partial charge in [-0.05, 0) is 49.9 Å². The molecule has 0 saturated heterocycles. The molecule has 2 heterocycles. The monoisotopic (exact) mass is 428 g/mol. The largest absolute Gasteiger partial charge is 0.325 e. The third kappa shape index (κ3) is 5.28. The van der Waals surface area contributed by atoms with Crippen molar-refractivity contribution in [2.24, 2.45) is 0 Å². The molecule has 0 saturated carbocycles. The summed E-state index contributed by atoms with van der Waals surface area (Å²) in [6.45, 7) is 9.24. The van der Waals surface area contributed by atoms with E-state index < -0.39 is 0 Å². The zero-order valence-corrected chi connectivity index (χ0v) is 19.1. The van der Waals surface area contributed by atoms with Crippen LogP contribution in [0.3, 0.4) is 0 Å². The zero-order chi connectivity index (χ0) is 20.8. The minimum Gasteiger partial charge on any atom is -0.325 e. The number of anilines is 1. The van der Waals surface area contributed by atoms with Crippen molar-refractivity contribution in [2.45, 2.75) is 58.7 Å². The molecule has 1 amide bonds. The van der Waals surface area contributed by atoms with Crippen molar-refractivity contribution in [3.63, 3.8) is 0 Å². The second kappa shape index (κ2) is 10.1. The molecule has 3 aromatic rings. The molecule has 3 rings (SSSR count). The Hall–Kier alpha value is -2.12. The van der Waals surface area contributed by atoms with Gasteiger partial charge in [-0.3, -0.25) is 4.79 Å². The van der Waals surface area contributed by atoms with Gasteiger partial charge in [-0.25, -0.2) is 0 Å². The summed E-state index contributed by atoms with van der Waals surface area (Å²) in [5.41, 5.74) is 4.25. The molecule has 0 aliphatic rings. The molecule has 29 heavy (non-hydrogen) atoms. The first-order valence-electron chi connectivity index (χ1n) is 10.0. The van der Waals surface area contributed by atoms with Crippen molar-refractivity contribution < 1.29 is 4.79 Å². The molecule has 7 heteroatoms. The molecular formula is C22H28N4OS2. The summed E-state index contributed by atoms with van der Waals surface area (Å²) in [5, 5.41) is 14.8. The summed E-state index contributed by atoms with van der Waals surface area (Å²) >= 11 is 3.21. The topological polar surface area (TPSA) is 59.8 Å². The van der Waals surface area contributed by atoms with Gasteiger partial charge in [-0.1, -0.05) is 44.2 Å². The highest BCUT2D eigenvalue weighted by Gasteiger charge is 2.16. The van der Waals surface area contributed by atoms with Crippen molar-refractivity contribution in [3.05, 3.63) is 45.6 Å². The molecular weight excluding hydrogens is 400 g/mol. The zero-order valence-electron chi connectivity index (χ0n) is 17.5. The molecule has 2 aromatic heterocycles. The number of amides is 1. The van der Waals surface area contributed by atoms with Gasteiger partial charge in [0.2, 0.25) is 5.91 Å². The number of nitrogens with one attached hydrogen (secondary N) is 1. The molecule has 5 nitrogen and oxygen atoms in total. The summed E-state index contributed by atoms with van der Waals surface area (Å²) in [7, 11) is 0. The van der Waals surface area contributed by atoms with E-state index in [2.05, 4.69) is 45.4 Å². The van der Waals surface area contributed by atoms with Gasteiger partial charge in [0, 0.05) is 28.1 Å². The van der Waals surface area contributed by atoms with Gasteiger partial charge in [0.15, 0.2) is 11.0 Å². The lowest BCUT2D eigenvalue weighted by Crippen LogP contribution is -2.15. The molecule has 1 N–H and O–H groups in total. The fourth-order valence-corrected chi connectivity index (χ4v) is 4.85. The van der Waals surface area contributed by atoms with Crippen LogP contribution in [0.2, 0.25) is 0 Å². The lowest BCUT2D eigenvalue weighted by molar-refractivity contribution is -0.113. The Morgan fingerprint density at radius 3 is 2.79 bits per heavy atom. The van der Waals surface area contributed by atoms with E-state index in [1.54, 1.807) is 11.3 Å². The van der Waals surface area contributed by atoms with Crippen molar-refractivity contribution in [3.8, 4) is 11.4 Å². The Kier molecular flexibility index (Phi) is 7.50. The van der Waals surface area contributed by atoms with Gasteiger partial charge in [0.05, 0.1) is 5.75 Å². The van der Waals surface area contributed by atoms with E-state index in [0.717, 1.165) is 53.6 Å². The van der Waals surface area contributed by atoms with Crippen LogP contribution in [0.15, 0.2) is 34.8 Å². The van der Waals surface area contributed by atoms with Gasteiger partial charge in [0.25, 0.3) is 0 Å². The lowest BCUT2D eigenvalue weighted by atomic mass is 10.1. The van der Waals surface area contributed by atoms with E-state index in [9.17, 15) is 4.79 Å². The molecule has 0 bridgehead atoms. The standard InChI is InChI=1S/C22H28N4OS2/c1-5-8-18-12-17(13-28-18)21-24-25-22(26(21)11-6-2)29-14-20(27)23-19-10-7-9-15(3)16(19)4/h7,9-10,12-13H,5-6,8,11,14H2,1-4H3,(H,23,27). The number of hydrogen-bond donors (Lipinski definition) is 1. The van der Waals surface area contributed by atoms with Crippen LogP contribution in [0.1, 0.15) is 42.7 Å². The molecule has 0 spiro atoms. The van der Waals surface area contributed by atoms with Gasteiger partial charge >= 0.3 is 0 Å². The van der Waals surface area contributed by atoms with E-state index in [1.165, 1.54) is 22.2 Å². The van der Waals surface area contributed by atoms with Crippen LogP contribution >= 0.6 is 23.1 Å². The maximum Gasteiger partial charge on any atom is 0.234 e. The highest BCUT2D eigenvalue weighted by atomic mass is 32.2. The summed E-state index contributed by atoms with van der Waals surface area (Å²) in [6.07, 6.45) is 3.21. The van der Waals surface area contributed by atoms with Crippen LogP contribution in [-0.4, -0.2) is 26.4 Å². The highest BCUT2D eigenvalue weighted by molar-refractivity contribution is 7.99. The van der Waals surface area contributed by atoms with Crippen LogP contribution in [0.4, 0.5) is 5.69 Å². The number of aromatic nitrogens is 3. The van der Waals surface area contributed by atoms with Crippen molar-refractivity contribution in [1.29, 1.82) is 0 Å². The lowest BCUT2D eigenvalue weighted by Gasteiger charge is -2.11. The van der Waals surface area contributed by atoms with Gasteiger partial charge in [-0.15, -0.1) is 21.5 Å². The number of aryl methyl sites for hydroxylation is 2. The highest BCUT2D eigenvalue weighted by Crippen LogP contribution is 2.29. The van der Waals surface area contributed by atoms with Crippen LogP contribution in [-0.2, 0) is 17.8 Å². The van der Waals surface area contributed by atoms with Crippen molar-refractivity contribution in [1.82, 2.24) is 14.8 Å². The first-order valence-corrected chi connectivity index (χ1v) is 11.9. The van der Waals surface area contributed by atoms with Crippen LogP contribution in [0, 0.1) is 13.8 Å². The van der Waals surface area contributed by atoms with Crippen LogP contribution < -0.4 is 5.32 Å². The average molecular weight is 429 g/mol.